The van der Waals surface area contributed by atoms with E-state index in [1.165, 1.54) is 18.2 Å². The van der Waals surface area contributed by atoms with Crippen LogP contribution in [0.5, 0.6) is 0 Å². The molecular weight excluding hydrogens is 472 g/mol. The zero-order valence-corrected chi connectivity index (χ0v) is 19.2. The summed E-state index contributed by atoms with van der Waals surface area (Å²) in [7, 11) is 0. The Kier molecular flexibility index (Phi) is 9.22. The van der Waals surface area contributed by atoms with E-state index < -0.39 is 77.6 Å². The summed E-state index contributed by atoms with van der Waals surface area (Å²) in [5.41, 5.74) is -0.856. The van der Waals surface area contributed by atoms with Crippen molar-refractivity contribution in [1.29, 1.82) is 0 Å². The molecule has 14 heteroatoms. The number of nitro groups is 1. The van der Waals surface area contributed by atoms with Crippen molar-refractivity contribution >= 4 is 35.5 Å². The number of nitro benzene ring substituents is 1. The number of nitrogens with zero attached hydrogens (tertiary/aromatic N) is 1. The molecule has 35 heavy (non-hydrogen) atoms. The molecule has 1 heterocycles. The topological polar surface area (TPSA) is 187 Å². The minimum atomic E-state index is -1.61. The quantitative estimate of drug-likeness (QED) is 0.226. The van der Waals surface area contributed by atoms with Crippen LogP contribution in [0.4, 0.5) is 5.69 Å². The Hall–Kier alpha value is -4.07. The summed E-state index contributed by atoms with van der Waals surface area (Å²) >= 11 is 0. The van der Waals surface area contributed by atoms with Gasteiger partial charge in [-0.3, -0.25) is 34.1 Å². The van der Waals surface area contributed by atoms with Crippen molar-refractivity contribution < 1.29 is 52.6 Å². The smallest absolute Gasteiger partial charge is 0.305 e. The van der Waals surface area contributed by atoms with Gasteiger partial charge in [-0.1, -0.05) is 12.1 Å². The molecule has 0 bridgehead atoms. The van der Waals surface area contributed by atoms with Crippen molar-refractivity contribution in [3.63, 3.8) is 0 Å². The Morgan fingerprint density at radius 1 is 0.914 bits per heavy atom. The van der Waals surface area contributed by atoms with E-state index in [-0.39, 0.29) is 5.56 Å². The average Bonchev–Trinajstić information content (AvgIpc) is 2.75. The lowest BCUT2D eigenvalue weighted by Crippen LogP contribution is -2.67. The van der Waals surface area contributed by atoms with Gasteiger partial charge in [-0.25, -0.2) is 0 Å². The lowest BCUT2D eigenvalue weighted by molar-refractivity contribution is -0.385. The first-order valence-corrected chi connectivity index (χ1v) is 10.3. The largest absolute Gasteiger partial charge is 0.463 e. The number of carbonyl (C=O) groups excluding carboxylic acids is 5. The van der Waals surface area contributed by atoms with Crippen LogP contribution in [0, 0.1) is 10.1 Å². The van der Waals surface area contributed by atoms with Gasteiger partial charge in [0.2, 0.25) is 6.29 Å². The number of hydrogen-bond acceptors (Lipinski definition) is 12. The molecular formula is C21H24N2O12. The molecule has 5 atom stereocenters. The number of para-hydroxylation sites is 1. The molecule has 0 aliphatic carbocycles. The molecule has 190 valence electrons. The Labute approximate surface area is 198 Å². The first kappa shape index (κ1) is 27.2. The van der Waals surface area contributed by atoms with Gasteiger partial charge in [0, 0.05) is 33.8 Å². The fraction of sp³-hybridized carbons (Fsp3) is 0.476. The first-order valence-electron chi connectivity index (χ1n) is 10.3. The molecule has 1 aliphatic rings. The molecule has 2 rings (SSSR count). The number of benzene rings is 1. The second-order valence-corrected chi connectivity index (χ2v) is 7.38. The fourth-order valence-electron chi connectivity index (χ4n) is 3.37. The number of rotatable bonds is 8. The van der Waals surface area contributed by atoms with Gasteiger partial charge in [-0.05, 0) is 6.07 Å². The van der Waals surface area contributed by atoms with E-state index in [1.54, 1.807) is 0 Å². The Morgan fingerprint density at radius 2 is 1.49 bits per heavy atom. The highest BCUT2D eigenvalue weighted by atomic mass is 16.7. The maximum Gasteiger partial charge on any atom is 0.305 e. The molecule has 1 N–H and O–H groups in total. The summed E-state index contributed by atoms with van der Waals surface area (Å²) in [5, 5.41) is 13.8. The van der Waals surface area contributed by atoms with Gasteiger partial charge in [-0.2, -0.15) is 0 Å². The van der Waals surface area contributed by atoms with E-state index in [9.17, 15) is 34.1 Å². The van der Waals surface area contributed by atoms with Gasteiger partial charge in [0.25, 0.3) is 11.6 Å². The highest BCUT2D eigenvalue weighted by molar-refractivity contribution is 5.98. The molecule has 1 fully saturated rings. The third-order valence-corrected chi connectivity index (χ3v) is 4.63. The van der Waals surface area contributed by atoms with Crippen LogP contribution >= 0.6 is 0 Å². The van der Waals surface area contributed by atoms with Crippen LogP contribution in [0.3, 0.4) is 0 Å². The molecule has 0 radical (unpaired) electrons. The maximum absolute atomic E-state index is 13.0. The van der Waals surface area contributed by atoms with Crippen LogP contribution in [0.2, 0.25) is 0 Å². The Bertz CT molecular complexity index is 1010. The lowest BCUT2D eigenvalue weighted by atomic mass is 9.95. The van der Waals surface area contributed by atoms with Crippen LogP contribution in [-0.4, -0.2) is 72.0 Å². The van der Waals surface area contributed by atoms with E-state index in [2.05, 4.69) is 5.32 Å². The average molecular weight is 496 g/mol. The standard InChI is InChI=1S/C21H24N2O12/c1-10(24)31-9-16-18(32-11(2)25)19(33-12(3)26)17(21(35-16)34-13(4)27)22-20(28)14-7-5-6-8-15(14)23(29)30/h5-8,16-19,21H,9H2,1-4H3,(H,22,28). The molecule has 0 spiro atoms. The normalized spacial score (nSPS) is 23.4. The number of hydrogen-bond donors (Lipinski definition) is 1. The summed E-state index contributed by atoms with van der Waals surface area (Å²) in [4.78, 5) is 70.3. The van der Waals surface area contributed by atoms with Gasteiger partial charge in [0.15, 0.2) is 12.2 Å². The molecule has 1 aromatic rings. The minimum Gasteiger partial charge on any atom is -0.463 e. The summed E-state index contributed by atoms with van der Waals surface area (Å²) in [5.74, 6) is -4.21. The summed E-state index contributed by atoms with van der Waals surface area (Å²) in [6, 6.07) is 3.57. The predicted molar refractivity (Wildman–Crippen MR) is 113 cm³/mol. The number of nitrogens with one attached hydrogen (secondary N) is 1. The zero-order chi connectivity index (χ0) is 26.3. The van der Waals surface area contributed by atoms with Gasteiger partial charge >= 0.3 is 23.9 Å². The van der Waals surface area contributed by atoms with Crippen LogP contribution in [0.15, 0.2) is 24.3 Å². The van der Waals surface area contributed by atoms with Gasteiger partial charge < -0.3 is 29.0 Å². The van der Waals surface area contributed by atoms with E-state index in [4.69, 9.17) is 23.7 Å². The van der Waals surface area contributed by atoms with E-state index >= 15 is 0 Å². The summed E-state index contributed by atoms with van der Waals surface area (Å²) < 4.78 is 26.3. The first-order chi connectivity index (χ1) is 16.4. The Morgan fingerprint density at radius 3 is 2.03 bits per heavy atom. The number of ether oxygens (including phenoxy) is 5. The molecule has 1 aromatic carbocycles. The maximum atomic E-state index is 13.0. The van der Waals surface area contributed by atoms with Gasteiger partial charge in [0.1, 0.15) is 24.3 Å². The van der Waals surface area contributed by atoms with E-state index in [0.717, 1.165) is 33.8 Å². The van der Waals surface area contributed by atoms with Crippen molar-refractivity contribution in [1.82, 2.24) is 5.32 Å². The molecule has 0 saturated carbocycles. The van der Waals surface area contributed by atoms with Gasteiger partial charge in [0.05, 0.1) is 4.92 Å². The van der Waals surface area contributed by atoms with Crippen LogP contribution in [-0.2, 0) is 42.9 Å². The third kappa shape index (κ3) is 7.46. The van der Waals surface area contributed by atoms with Crippen molar-refractivity contribution in [2.45, 2.75) is 58.3 Å². The molecule has 14 nitrogen and oxygen atoms in total. The van der Waals surface area contributed by atoms with E-state index in [0.29, 0.717) is 0 Å². The lowest BCUT2D eigenvalue weighted by Gasteiger charge is -2.44. The van der Waals surface area contributed by atoms with Crippen LogP contribution in [0.1, 0.15) is 38.1 Å². The highest BCUT2D eigenvalue weighted by Crippen LogP contribution is 2.29. The molecule has 1 aliphatic heterocycles. The highest BCUT2D eigenvalue weighted by Gasteiger charge is 2.52. The van der Waals surface area contributed by atoms with E-state index in [1.807, 2.05) is 0 Å². The number of amides is 1. The minimum absolute atomic E-state index is 0.341. The van der Waals surface area contributed by atoms with Crippen molar-refractivity contribution in [2.24, 2.45) is 0 Å². The fourth-order valence-corrected chi connectivity index (χ4v) is 3.37. The van der Waals surface area contributed by atoms with Crippen LogP contribution < -0.4 is 5.32 Å². The molecule has 1 amide bonds. The van der Waals surface area contributed by atoms with Crippen LogP contribution in [0.25, 0.3) is 0 Å². The summed E-state index contributed by atoms with van der Waals surface area (Å²) in [6.07, 6.45) is -5.80. The monoisotopic (exact) mass is 496 g/mol. The number of carbonyl (C=O) groups is 5. The number of esters is 4. The molecule has 0 aromatic heterocycles. The van der Waals surface area contributed by atoms with Crippen molar-refractivity contribution in [2.75, 3.05) is 6.61 Å². The summed E-state index contributed by atoms with van der Waals surface area (Å²) in [6.45, 7) is 3.79. The molecule has 1 saturated heterocycles. The van der Waals surface area contributed by atoms with Gasteiger partial charge in [-0.15, -0.1) is 0 Å². The zero-order valence-electron chi connectivity index (χ0n) is 19.2. The SMILES string of the molecule is CC(=O)OCC1OC(OC(C)=O)C(NC(=O)c2ccccc2[N+](=O)[O-])C(OC(C)=O)C1OC(C)=O. The van der Waals surface area contributed by atoms with Crippen molar-refractivity contribution in [3.05, 3.63) is 39.9 Å². The van der Waals surface area contributed by atoms with Crippen molar-refractivity contribution in [3.8, 4) is 0 Å². The predicted octanol–water partition coefficient (Wildman–Crippen LogP) is 0.408. The Balaban J connectivity index is 2.51. The second-order valence-electron chi connectivity index (χ2n) is 7.38. The third-order valence-electron chi connectivity index (χ3n) is 4.63. The molecule has 5 unspecified atom stereocenters. The second kappa shape index (κ2) is 11.9.